The summed E-state index contributed by atoms with van der Waals surface area (Å²) in [4.78, 5) is 10.3. The van der Waals surface area contributed by atoms with Gasteiger partial charge in [-0.2, -0.15) is 0 Å². The van der Waals surface area contributed by atoms with Crippen LogP contribution in [0, 0.1) is 15.5 Å². The number of nitrogens with zero attached hydrogens (tertiary/aromatic N) is 3. The first kappa shape index (κ1) is 10.9. The number of rotatable bonds is 4. The molecule has 3 rings (SSSR count). The molecule has 7 nitrogen and oxygen atoms in total. The molecule has 0 radical (unpaired) electrons. The fourth-order valence-electron chi connectivity index (χ4n) is 1.84. The number of benzene rings is 1. The number of aromatic nitrogens is 2. The Balaban J connectivity index is 1.95. The fourth-order valence-corrected chi connectivity index (χ4v) is 1.84. The van der Waals surface area contributed by atoms with Crippen molar-refractivity contribution in [1.82, 2.24) is 10.3 Å². The summed E-state index contributed by atoms with van der Waals surface area (Å²) in [6.07, 6.45) is 2.40. The highest BCUT2D eigenvalue weighted by molar-refractivity contribution is 5.93. The van der Waals surface area contributed by atoms with Crippen molar-refractivity contribution in [3.05, 3.63) is 22.2 Å². The maximum absolute atomic E-state index is 10.8. The van der Waals surface area contributed by atoms with E-state index in [-0.39, 0.29) is 11.2 Å². The predicted octanol–water partition coefficient (Wildman–Crippen LogP) is 2.34. The third-order valence-corrected chi connectivity index (χ3v) is 3.40. The Bertz CT molecular complexity index is 618. The number of nitro benzene ring substituents is 1. The SMILES string of the molecule is CC1(CNc2ccc([N+](=O)[O-])c3nonc23)CC1. The molecule has 1 aromatic carbocycles. The van der Waals surface area contributed by atoms with E-state index in [0.717, 1.165) is 12.2 Å². The highest BCUT2D eigenvalue weighted by atomic mass is 16.6. The van der Waals surface area contributed by atoms with E-state index >= 15 is 0 Å². The van der Waals surface area contributed by atoms with Gasteiger partial charge in [-0.15, -0.1) is 0 Å². The lowest BCUT2D eigenvalue weighted by atomic mass is 10.1. The lowest BCUT2D eigenvalue weighted by Crippen LogP contribution is -2.12. The summed E-state index contributed by atoms with van der Waals surface area (Å²) in [5, 5.41) is 21.4. The van der Waals surface area contributed by atoms with Crippen molar-refractivity contribution in [3.63, 3.8) is 0 Å². The van der Waals surface area contributed by atoms with E-state index < -0.39 is 4.92 Å². The van der Waals surface area contributed by atoms with E-state index in [2.05, 4.69) is 27.2 Å². The summed E-state index contributed by atoms with van der Waals surface area (Å²) >= 11 is 0. The first-order valence-corrected chi connectivity index (χ1v) is 5.73. The quantitative estimate of drug-likeness (QED) is 0.659. The van der Waals surface area contributed by atoms with Crippen molar-refractivity contribution in [2.45, 2.75) is 19.8 Å². The Morgan fingerprint density at radius 1 is 1.44 bits per heavy atom. The fraction of sp³-hybridized carbons (Fsp3) is 0.455. The molecule has 1 aliphatic rings. The normalized spacial score (nSPS) is 16.7. The summed E-state index contributed by atoms with van der Waals surface area (Å²) in [7, 11) is 0. The van der Waals surface area contributed by atoms with Gasteiger partial charge in [-0.1, -0.05) is 6.92 Å². The molecule has 1 aliphatic carbocycles. The Kier molecular flexibility index (Phi) is 2.22. The average molecular weight is 248 g/mol. The number of hydrogen-bond acceptors (Lipinski definition) is 6. The van der Waals surface area contributed by atoms with Crippen LogP contribution in [0.15, 0.2) is 16.8 Å². The van der Waals surface area contributed by atoms with Crippen molar-refractivity contribution in [2.24, 2.45) is 5.41 Å². The molecule has 1 saturated carbocycles. The zero-order chi connectivity index (χ0) is 12.8. The second-order valence-corrected chi connectivity index (χ2v) is 5.02. The number of nitro groups is 1. The average Bonchev–Trinajstić information content (AvgIpc) is 2.89. The summed E-state index contributed by atoms with van der Waals surface area (Å²) < 4.78 is 4.60. The number of hydrogen-bond donors (Lipinski definition) is 1. The van der Waals surface area contributed by atoms with Gasteiger partial charge in [0.05, 0.1) is 10.6 Å². The van der Waals surface area contributed by atoms with Gasteiger partial charge in [-0.25, -0.2) is 4.63 Å². The van der Waals surface area contributed by atoms with E-state index in [9.17, 15) is 10.1 Å². The van der Waals surface area contributed by atoms with Gasteiger partial charge in [-0.3, -0.25) is 10.1 Å². The predicted molar refractivity (Wildman–Crippen MR) is 64.3 cm³/mol. The molecule has 0 bridgehead atoms. The zero-order valence-electron chi connectivity index (χ0n) is 9.84. The molecular weight excluding hydrogens is 236 g/mol. The van der Waals surface area contributed by atoms with Gasteiger partial charge in [-0.05, 0) is 34.6 Å². The maximum Gasteiger partial charge on any atom is 0.300 e. The standard InChI is InChI=1S/C11H12N4O3/c1-11(4-5-11)6-12-7-2-3-8(15(16)17)10-9(7)13-18-14-10/h2-3,12H,4-6H2,1H3. The van der Waals surface area contributed by atoms with E-state index in [4.69, 9.17) is 0 Å². The van der Waals surface area contributed by atoms with Gasteiger partial charge >= 0.3 is 5.69 Å². The molecule has 1 heterocycles. The number of non-ortho nitro benzene ring substituents is 1. The molecule has 18 heavy (non-hydrogen) atoms. The summed E-state index contributed by atoms with van der Waals surface area (Å²) in [5.41, 5.74) is 1.57. The van der Waals surface area contributed by atoms with E-state index in [1.165, 1.54) is 18.9 Å². The third kappa shape index (κ3) is 1.77. The Hall–Kier alpha value is -2.18. The molecule has 0 atom stereocenters. The number of anilines is 1. The highest BCUT2D eigenvalue weighted by Gasteiger charge is 2.37. The minimum Gasteiger partial charge on any atom is -0.383 e. The summed E-state index contributed by atoms with van der Waals surface area (Å²) in [5.74, 6) is 0. The monoisotopic (exact) mass is 248 g/mol. The Morgan fingerprint density at radius 3 is 2.83 bits per heavy atom. The van der Waals surface area contributed by atoms with Crippen molar-refractivity contribution in [1.29, 1.82) is 0 Å². The smallest absolute Gasteiger partial charge is 0.300 e. The van der Waals surface area contributed by atoms with Gasteiger partial charge < -0.3 is 5.32 Å². The van der Waals surface area contributed by atoms with Crippen molar-refractivity contribution in [2.75, 3.05) is 11.9 Å². The number of fused-ring (bicyclic) bond motifs is 1. The van der Waals surface area contributed by atoms with Crippen LogP contribution in [-0.4, -0.2) is 21.8 Å². The maximum atomic E-state index is 10.8. The Labute approximate surface area is 102 Å². The molecule has 1 N–H and O–H groups in total. The molecule has 0 amide bonds. The summed E-state index contributed by atoms with van der Waals surface area (Å²) in [6, 6.07) is 3.07. The molecule has 1 fully saturated rings. The molecule has 0 saturated heterocycles. The van der Waals surface area contributed by atoms with Crippen LogP contribution in [-0.2, 0) is 0 Å². The second kappa shape index (κ2) is 3.66. The van der Waals surface area contributed by atoms with Gasteiger partial charge in [0.1, 0.15) is 0 Å². The van der Waals surface area contributed by atoms with Crippen LogP contribution in [0.25, 0.3) is 11.0 Å². The van der Waals surface area contributed by atoms with Crippen LogP contribution in [0.5, 0.6) is 0 Å². The molecule has 1 aromatic heterocycles. The van der Waals surface area contributed by atoms with Crippen molar-refractivity contribution >= 4 is 22.4 Å². The third-order valence-electron chi connectivity index (χ3n) is 3.40. The molecule has 0 aliphatic heterocycles. The van der Waals surface area contributed by atoms with Crippen LogP contribution in [0.3, 0.4) is 0 Å². The van der Waals surface area contributed by atoms with Crippen molar-refractivity contribution in [3.8, 4) is 0 Å². The molecule has 0 unspecified atom stereocenters. The second-order valence-electron chi connectivity index (χ2n) is 5.02. The minimum absolute atomic E-state index is 0.0885. The van der Waals surface area contributed by atoms with E-state index in [1.807, 2.05) is 0 Å². The zero-order valence-corrected chi connectivity index (χ0v) is 9.84. The topological polar surface area (TPSA) is 94.1 Å². The molecule has 0 spiro atoms. The van der Waals surface area contributed by atoms with Crippen LogP contribution < -0.4 is 5.32 Å². The molecule has 7 heteroatoms. The largest absolute Gasteiger partial charge is 0.383 e. The first-order chi connectivity index (χ1) is 8.59. The molecular formula is C11H12N4O3. The van der Waals surface area contributed by atoms with E-state index in [0.29, 0.717) is 10.9 Å². The molecule has 2 aromatic rings. The highest BCUT2D eigenvalue weighted by Crippen LogP contribution is 2.45. The van der Waals surface area contributed by atoms with Crippen LogP contribution in [0.2, 0.25) is 0 Å². The lowest BCUT2D eigenvalue weighted by Gasteiger charge is -2.10. The lowest BCUT2D eigenvalue weighted by molar-refractivity contribution is -0.383. The van der Waals surface area contributed by atoms with E-state index in [1.54, 1.807) is 6.07 Å². The first-order valence-electron chi connectivity index (χ1n) is 5.73. The van der Waals surface area contributed by atoms with Crippen LogP contribution in [0.1, 0.15) is 19.8 Å². The minimum atomic E-state index is -0.488. The number of nitrogens with one attached hydrogen (secondary N) is 1. The Morgan fingerprint density at radius 2 is 2.17 bits per heavy atom. The van der Waals surface area contributed by atoms with Gasteiger partial charge in [0.25, 0.3) is 0 Å². The summed E-state index contributed by atoms with van der Waals surface area (Å²) in [6.45, 7) is 3.02. The van der Waals surface area contributed by atoms with Crippen LogP contribution in [0.4, 0.5) is 11.4 Å². The van der Waals surface area contributed by atoms with Gasteiger partial charge in [0, 0.05) is 12.6 Å². The van der Waals surface area contributed by atoms with Gasteiger partial charge in [0.2, 0.25) is 5.52 Å². The van der Waals surface area contributed by atoms with Crippen molar-refractivity contribution < 1.29 is 9.55 Å². The molecule has 94 valence electrons. The van der Waals surface area contributed by atoms with Crippen LogP contribution >= 0.6 is 0 Å². The van der Waals surface area contributed by atoms with Gasteiger partial charge in [0.15, 0.2) is 5.52 Å².